The van der Waals surface area contributed by atoms with Gasteiger partial charge in [-0.25, -0.2) is 13.8 Å². The van der Waals surface area contributed by atoms with E-state index < -0.39 is 47.5 Å². The van der Waals surface area contributed by atoms with Gasteiger partial charge in [0.25, 0.3) is 5.56 Å². The van der Waals surface area contributed by atoms with Crippen LogP contribution in [0.1, 0.15) is 53.1 Å². The second-order valence-corrected chi connectivity index (χ2v) is 9.97. The average Bonchev–Trinajstić information content (AvgIpc) is 3.56. The van der Waals surface area contributed by atoms with Crippen molar-refractivity contribution in [1.29, 1.82) is 0 Å². The highest BCUT2D eigenvalue weighted by atomic mass is 32.1. The van der Waals surface area contributed by atoms with Crippen LogP contribution in [0.3, 0.4) is 0 Å². The molecule has 1 aromatic carbocycles. The van der Waals surface area contributed by atoms with Gasteiger partial charge in [-0.1, -0.05) is 5.16 Å². The summed E-state index contributed by atoms with van der Waals surface area (Å²) in [5.41, 5.74) is -1.36. The first-order chi connectivity index (χ1) is 18.1. The number of rotatable bonds is 5. The van der Waals surface area contributed by atoms with Gasteiger partial charge >= 0.3 is 6.18 Å². The monoisotopic (exact) mass is 552 g/mol. The minimum atomic E-state index is -4.79. The van der Waals surface area contributed by atoms with Crippen molar-refractivity contribution in [3.63, 3.8) is 0 Å². The lowest BCUT2D eigenvalue weighted by Crippen LogP contribution is -2.41. The fourth-order valence-corrected chi connectivity index (χ4v) is 5.56. The summed E-state index contributed by atoms with van der Waals surface area (Å²) in [6, 6.07) is 4.96. The molecule has 1 atom stereocenters. The first kappa shape index (κ1) is 26.0. The van der Waals surface area contributed by atoms with Gasteiger partial charge in [0.05, 0.1) is 10.7 Å². The summed E-state index contributed by atoms with van der Waals surface area (Å²) in [7, 11) is 0. The zero-order valence-electron chi connectivity index (χ0n) is 19.8. The van der Waals surface area contributed by atoms with Crippen LogP contribution in [-0.2, 0) is 22.4 Å². The molecule has 2 aliphatic heterocycles. The summed E-state index contributed by atoms with van der Waals surface area (Å²) >= 11 is 1.43. The molecule has 0 radical (unpaired) electrons. The number of benzene rings is 1. The third kappa shape index (κ3) is 5.33. The van der Waals surface area contributed by atoms with Gasteiger partial charge in [0.2, 0.25) is 5.91 Å². The largest absolute Gasteiger partial charge is 0.421 e. The zero-order valence-corrected chi connectivity index (χ0v) is 20.6. The number of aromatic nitrogens is 2. The maximum Gasteiger partial charge on any atom is 0.421 e. The Balaban J connectivity index is 1.18. The minimum absolute atomic E-state index is 0.0634. The minimum Gasteiger partial charge on any atom is -0.387 e. The number of carbonyl (C=O) groups is 1. The highest BCUT2D eigenvalue weighted by Crippen LogP contribution is 2.34. The molecule has 5 rings (SSSR count). The molecule has 38 heavy (non-hydrogen) atoms. The SMILES string of the molecule is O=C(Cn1cccc(C(F)(F)F)c1=O)N1CCC(c2nc(C3=NOC(c4cc(F)ccc4F)C3)cs2)CC1. The topological polar surface area (TPSA) is 76.8 Å². The third-order valence-electron chi connectivity index (χ3n) is 6.62. The van der Waals surface area contributed by atoms with Gasteiger partial charge in [0, 0.05) is 42.6 Å². The van der Waals surface area contributed by atoms with Gasteiger partial charge in [0.15, 0.2) is 6.10 Å². The maximum atomic E-state index is 14.1. The Kier molecular flexibility index (Phi) is 7.03. The van der Waals surface area contributed by atoms with Crippen molar-refractivity contribution >= 4 is 23.0 Å². The second kappa shape index (κ2) is 10.3. The van der Waals surface area contributed by atoms with E-state index in [4.69, 9.17) is 4.84 Å². The van der Waals surface area contributed by atoms with Gasteiger partial charge < -0.3 is 14.3 Å². The molecule has 2 aliphatic rings. The molecule has 3 aromatic rings. The van der Waals surface area contributed by atoms with Gasteiger partial charge in [-0.2, -0.15) is 13.2 Å². The van der Waals surface area contributed by atoms with Crippen LogP contribution >= 0.6 is 11.3 Å². The number of thiazole rings is 1. The Bertz CT molecular complexity index is 1440. The lowest BCUT2D eigenvalue weighted by atomic mass is 9.97. The van der Waals surface area contributed by atoms with Crippen LogP contribution in [0.5, 0.6) is 0 Å². The molecule has 0 aliphatic carbocycles. The number of carbonyl (C=O) groups excluding carboxylic acids is 1. The van der Waals surface area contributed by atoms with Crippen LogP contribution < -0.4 is 5.56 Å². The molecular formula is C25H21F5N4O3S. The number of hydrogen-bond donors (Lipinski definition) is 0. The molecule has 200 valence electrons. The summed E-state index contributed by atoms with van der Waals surface area (Å²) in [6.45, 7) is 0.274. The van der Waals surface area contributed by atoms with Crippen LogP contribution in [0.25, 0.3) is 0 Å². The first-order valence-electron chi connectivity index (χ1n) is 11.8. The molecule has 0 bridgehead atoms. The Morgan fingerprint density at radius 2 is 1.92 bits per heavy atom. The summed E-state index contributed by atoms with van der Waals surface area (Å²) in [5.74, 6) is -1.52. The average molecular weight is 553 g/mol. The van der Waals surface area contributed by atoms with Gasteiger partial charge in [0.1, 0.15) is 29.5 Å². The lowest BCUT2D eigenvalue weighted by Gasteiger charge is -2.31. The quantitative estimate of drug-likeness (QED) is 0.423. The van der Waals surface area contributed by atoms with E-state index in [0.717, 1.165) is 33.8 Å². The number of alkyl halides is 3. The molecule has 7 nitrogen and oxygen atoms in total. The molecular weight excluding hydrogens is 531 g/mol. The van der Waals surface area contributed by atoms with Crippen molar-refractivity contribution in [3.05, 3.63) is 85.7 Å². The molecule has 13 heteroatoms. The number of nitrogens with zero attached hydrogens (tertiary/aromatic N) is 4. The number of halogens is 5. The van der Waals surface area contributed by atoms with Crippen LogP contribution in [0.15, 0.2) is 51.9 Å². The number of oxime groups is 1. The smallest absolute Gasteiger partial charge is 0.387 e. The summed E-state index contributed by atoms with van der Waals surface area (Å²) in [4.78, 5) is 36.3. The van der Waals surface area contributed by atoms with Gasteiger partial charge in [-0.05, 0) is 43.2 Å². The van der Waals surface area contributed by atoms with Crippen molar-refractivity contribution in [2.24, 2.45) is 5.16 Å². The molecule has 2 aromatic heterocycles. The van der Waals surface area contributed by atoms with E-state index in [-0.39, 0.29) is 17.9 Å². The highest BCUT2D eigenvalue weighted by molar-refractivity contribution is 7.10. The molecule has 1 unspecified atom stereocenters. The van der Waals surface area contributed by atoms with E-state index in [0.29, 0.717) is 43.4 Å². The molecule has 0 spiro atoms. The second-order valence-electron chi connectivity index (χ2n) is 9.08. The van der Waals surface area contributed by atoms with E-state index >= 15 is 0 Å². The van der Waals surface area contributed by atoms with Gasteiger partial charge in [-0.3, -0.25) is 9.59 Å². The van der Waals surface area contributed by atoms with Crippen molar-refractivity contribution in [1.82, 2.24) is 14.5 Å². The number of pyridine rings is 1. The summed E-state index contributed by atoms with van der Waals surface area (Å²) in [6.07, 6.45) is -2.94. The van der Waals surface area contributed by atoms with Crippen LogP contribution in [0, 0.1) is 11.6 Å². The summed E-state index contributed by atoms with van der Waals surface area (Å²) in [5, 5.41) is 6.67. The van der Waals surface area contributed by atoms with Crippen molar-refractivity contribution in [3.8, 4) is 0 Å². The Morgan fingerprint density at radius 3 is 2.66 bits per heavy atom. The van der Waals surface area contributed by atoms with E-state index in [1.54, 1.807) is 0 Å². The predicted molar refractivity (Wildman–Crippen MR) is 128 cm³/mol. The molecule has 0 saturated carbocycles. The number of likely N-dealkylation sites (tertiary alicyclic amines) is 1. The molecule has 1 saturated heterocycles. The van der Waals surface area contributed by atoms with Crippen molar-refractivity contribution < 1.29 is 31.6 Å². The third-order valence-corrected chi connectivity index (χ3v) is 7.63. The predicted octanol–water partition coefficient (Wildman–Crippen LogP) is 4.87. The number of piperidine rings is 1. The first-order valence-corrected chi connectivity index (χ1v) is 12.7. The molecule has 4 heterocycles. The van der Waals surface area contributed by atoms with Crippen molar-refractivity contribution in [2.45, 2.75) is 44.0 Å². The normalized spacial score (nSPS) is 18.4. The lowest BCUT2D eigenvalue weighted by molar-refractivity contribution is -0.139. The van der Waals surface area contributed by atoms with Crippen molar-refractivity contribution in [2.75, 3.05) is 13.1 Å². The van der Waals surface area contributed by atoms with E-state index in [9.17, 15) is 31.5 Å². The Labute approximate surface area is 217 Å². The summed E-state index contributed by atoms with van der Waals surface area (Å²) < 4.78 is 67.4. The fraction of sp³-hybridized carbons (Fsp3) is 0.360. The Morgan fingerprint density at radius 1 is 1.16 bits per heavy atom. The Hall–Kier alpha value is -3.61. The zero-order chi connectivity index (χ0) is 27.0. The highest BCUT2D eigenvalue weighted by Gasteiger charge is 2.35. The standard InChI is InChI=1S/C25H21F5N4O3S/c26-15-3-4-18(27)16(10-15)21-11-19(32-37-21)20-13-38-23(31-20)14-5-8-33(9-6-14)22(35)12-34-7-1-2-17(24(34)36)25(28,29)30/h1-4,7,10,13-14,21H,5-6,8-9,11-12H2. The number of amides is 1. The number of hydrogen-bond acceptors (Lipinski definition) is 6. The maximum absolute atomic E-state index is 14.1. The fourth-order valence-electron chi connectivity index (χ4n) is 4.56. The van der Waals surface area contributed by atoms with Crippen LogP contribution in [0.4, 0.5) is 22.0 Å². The van der Waals surface area contributed by atoms with E-state index in [1.165, 1.54) is 22.4 Å². The van der Waals surface area contributed by atoms with Crippen LogP contribution in [0.2, 0.25) is 0 Å². The molecule has 1 fully saturated rings. The molecule has 0 N–H and O–H groups in total. The van der Waals surface area contributed by atoms with Crippen LogP contribution in [-0.4, -0.2) is 39.2 Å². The van der Waals surface area contributed by atoms with E-state index in [2.05, 4.69) is 10.1 Å². The van der Waals surface area contributed by atoms with Gasteiger partial charge in [-0.15, -0.1) is 11.3 Å². The molecule has 1 amide bonds. The van der Waals surface area contributed by atoms with E-state index in [1.807, 2.05) is 5.38 Å².